The van der Waals surface area contributed by atoms with Crippen LogP contribution in [0.3, 0.4) is 0 Å². The van der Waals surface area contributed by atoms with Gasteiger partial charge in [0.05, 0.1) is 13.2 Å². The molecule has 2 aliphatic rings. The molecule has 1 fully saturated rings. The molecule has 0 saturated carbocycles. The van der Waals surface area contributed by atoms with Crippen molar-refractivity contribution in [2.75, 3.05) is 26.2 Å². The Morgan fingerprint density at radius 3 is 2.97 bits per heavy atom. The van der Waals surface area contributed by atoms with Crippen LogP contribution in [-0.2, 0) is 24.2 Å². The second-order valence-corrected chi connectivity index (χ2v) is 7.83. The first-order valence-corrected chi connectivity index (χ1v) is 10.9. The van der Waals surface area contributed by atoms with Gasteiger partial charge in [0.25, 0.3) is 0 Å². The summed E-state index contributed by atoms with van der Waals surface area (Å²) in [5.74, 6) is 3.02. The Kier molecular flexibility index (Phi) is 6.44. The van der Waals surface area contributed by atoms with Crippen LogP contribution in [0.2, 0.25) is 0 Å². The molecule has 4 rings (SSSR count). The predicted molar refractivity (Wildman–Crippen MR) is 114 cm³/mol. The Morgan fingerprint density at radius 2 is 2.10 bits per heavy atom. The SMILES string of the molecule is CCNC(=NCc1nnc2n1CCCCC2)N1CCOC(c2ccccc2C)C1. The lowest BCUT2D eigenvalue weighted by Gasteiger charge is -2.35. The van der Waals surface area contributed by atoms with Crippen LogP contribution in [0.1, 0.15) is 55.1 Å². The molecule has 156 valence electrons. The minimum absolute atomic E-state index is 0.0678. The van der Waals surface area contributed by atoms with Crippen LogP contribution in [0.15, 0.2) is 29.3 Å². The van der Waals surface area contributed by atoms with Gasteiger partial charge >= 0.3 is 0 Å². The number of aliphatic imine (C=N–C) groups is 1. The highest BCUT2D eigenvalue weighted by molar-refractivity contribution is 5.80. The molecule has 1 atom stereocenters. The molecule has 3 heterocycles. The van der Waals surface area contributed by atoms with Gasteiger partial charge in [-0.05, 0) is 37.8 Å². The summed E-state index contributed by atoms with van der Waals surface area (Å²) in [5.41, 5.74) is 2.53. The highest BCUT2D eigenvalue weighted by Crippen LogP contribution is 2.25. The van der Waals surface area contributed by atoms with E-state index < -0.39 is 0 Å². The van der Waals surface area contributed by atoms with Gasteiger partial charge in [0.2, 0.25) is 0 Å². The van der Waals surface area contributed by atoms with Crippen LogP contribution in [0.4, 0.5) is 0 Å². The van der Waals surface area contributed by atoms with E-state index in [9.17, 15) is 0 Å². The standard InChI is InChI=1S/C22H32N6O/c1-3-23-22(24-15-21-26-25-20-11-5-4-8-12-28(20)21)27-13-14-29-19(16-27)18-10-7-6-9-17(18)2/h6-7,9-10,19H,3-5,8,11-16H2,1-2H3,(H,23,24). The molecule has 1 saturated heterocycles. The molecule has 1 aromatic heterocycles. The summed E-state index contributed by atoms with van der Waals surface area (Å²) < 4.78 is 8.36. The van der Waals surface area contributed by atoms with E-state index in [1.807, 2.05) is 0 Å². The summed E-state index contributed by atoms with van der Waals surface area (Å²) in [5, 5.41) is 12.3. The number of nitrogens with one attached hydrogen (secondary N) is 1. The van der Waals surface area contributed by atoms with Crippen LogP contribution in [0.5, 0.6) is 0 Å². The molecule has 1 unspecified atom stereocenters. The van der Waals surface area contributed by atoms with Crippen LogP contribution < -0.4 is 5.32 Å². The predicted octanol–water partition coefficient (Wildman–Crippen LogP) is 2.85. The number of rotatable bonds is 4. The van der Waals surface area contributed by atoms with E-state index in [2.05, 4.69) is 63.1 Å². The van der Waals surface area contributed by atoms with E-state index in [0.717, 1.165) is 50.2 Å². The Hall–Kier alpha value is -2.41. The minimum Gasteiger partial charge on any atom is -0.370 e. The average molecular weight is 397 g/mol. The number of fused-ring (bicyclic) bond motifs is 1. The summed E-state index contributed by atoms with van der Waals surface area (Å²) in [6, 6.07) is 8.47. The van der Waals surface area contributed by atoms with E-state index in [-0.39, 0.29) is 6.10 Å². The zero-order chi connectivity index (χ0) is 20.1. The van der Waals surface area contributed by atoms with Crippen LogP contribution in [0.25, 0.3) is 0 Å². The molecule has 7 heteroatoms. The Morgan fingerprint density at radius 1 is 1.21 bits per heavy atom. The zero-order valence-electron chi connectivity index (χ0n) is 17.6. The lowest BCUT2D eigenvalue weighted by molar-refractivity contribution is -0.00834. The van der Waals surface area contributed by atoms with Crippen LogP contribution in [-0.4, -0.2) is 51.9 Å². The molecule has 0 bridgehead atoms. The number of guanidine groups is 1. The number of benzene rings is 1. The summed E-state index contributed by atoms with van der Waals surface area (Å²) in [6.07, 6.45) is 4.76. The summed E-state index contributed by atoms with van der Waals surface area (Å²) in [6.45, 7) is 9.00. The molecule has 0 spiro atoms. The number of ether oxygens (including phenoxy) is 1. The van der Waals surface area contributed by atoms with Crippen molar-refractivity contribution in [2.45, 2.75) is 58.7 Å². The highest BCUT2D eigenvalue weighted by atomic mass is 16.5. The van der Waals surface area contributed by atoms with Gasteiger partial charge in [-0.2, -0.15) is 0 Å². The maximum Gasteiger partial charge on any atom is 0.194 e. The maximum absolute atomic E-state index is 6.09. The average Bonchev–Trinajstić information content (AvgIpc) is 2.97. The maximum atomic E-state index is 6.09. The van der Waals surface area contributed by atoms with Gasteiger partial charge in [0.15, 0.2) is 11.8 Å². The number of aryl methyl sites for hydroxylation is 2. The molecule has 2 aromatic rings. The quantitative estimate of drug-likeness (QED) is 0.636. The Labute approximate surface area is 173 Å². The van der Waals surface area contributed by atoms with Gasteiger partial charge in [-0.3, -0.25) is 0 Å². The van der Waals surface area contributed by atoms with E-state index in [0.29, 0.717) is 13.2 Å². The molecular formula is C22H32N6O. The molecule has 2 aliphatic heterocycles. The number of aromatic nitrogens is 3. The topological polar surface area (TPSA) is 67.6 Å². The molecule has 1 N–H and O–H groups in total. The zero-order valence-corrected chi connectivity index (χ0v) is 17.6. The smallest absolute Gasteiger partial charge is 0.194 e. The fraction of sp³-hybridized carbons (Fsp3) is 0.591. The largest absolute Gasteiger partial charge is 0.370 e. The normalized spacial score (nSPS) is 20.3. The lowest BCUT2D eigenvalue weighted by Crippen LogP contribution is -2.48. The van der Waals surface area contributed by atoms with Crippen molar-refractivity contribution in [3.05, 3.63) is 47.0 Å². The van der Waals surface area contributed by atoms with Gasteiger partial charge < -0.3 is 19.5 Å². The Bertz CT molecular complexity index is 846. The summed E-state index contributed by atoms with van der Waals surface area (Å²) >= 11 is 0. The summed E-state index contributed by atoms with van der Waals surface area (Å²) in [7, 11) is 0. The van der Waals surface area contributed by atoms with Crippen molar-refractivity contribution in [1.82, 2.24) is 25.0 Å². The van der Waals surface area contributed by atoms with E-state index in [4.69, 9.17) is 9.73 Å². The molecule has 0 radical (unpaired) electrons. The first kappa shape index (κ1) is 19.9. The third kappa shape index (κ3) is 4.61. The van der Waals surface area contributed by atoms with Gasteiger partial charge in [0, 0.05) is 26.1 Å². The second-order valence-electron chi connectivity index (χ2n) is 7.83. The van der Waals surface area contributed by atoms with Gasteiger partial charge in [-0.15, -0.1) is 10.2 Å². The van der Waals surface area contributed by atoms with Crippen molar-refractivity contribution in [3.8, 4) is 0 Å². The number of morpholine rings is 1. The molecule has 7 nitrogen and oxygen atoms in total. The van der Waals surface area contributed by atoms with Gasteiger partial charge in [-0.1, -0.05) is 30.7 Å². The van der Waals surface area contributed by atoms with E-state index in [1.165, 1.54) is 30.4 Å². The number of hydrogen-bond donors (Lipinski definition) is 1. The number of hydrogen-bond acceptors (Lipinski definition) is 4. The molecular weight excluding hydrogens is 364 g/mol. The summed E-state index contributed by atoms with van der Waals surface area (Å²) in [4.78, 5) is 7.23. The second kappa shape index (κ2) is 9.39. The third-order valence-electron chi connectivity index (χ3n) is 5.79. The van der Waals surface area contributed by atoms with Crippen molar-refractivity contribution in [2.24, 2.45) is 4.99 Å². The van der Waals surface area contributed by atoms with Crippen molar-refractivity contribution >= 4 is 5.96 Å². The monoisotopic (exact) mass is 396 g/mol. The number of nitrogens with zero attached hydrogens (tertiary/aromatic N) is 5. The minimum atomic E-state index is 0.0678. The molecule has 29 heavy (non-hydrogen) atoms. The van der Waals surface area contributed by atoms with Gasteiger partial charge in [-0.25, -0.2) is 4.99 Å². The highest BCUT2D eigenvalue weighted by Gasteiger charge is 2.25. The lowest BCUT2D eigenvalue weighted by atomic mass is 10.0. The van der Waals surface area contributed by atoms with E-state index in [1.54, 1.807) is 0 Å². The van der Waals surface area contributed by atoms with Gasteiger partial charge in [0.1, 0.15) is 18.5 Å². The van der Waals surface area contributed by atoms with Crippen molar-refractivity contribution < 1.29 is 4.74 Å². The third-order valence-corrected chi connectivity index (χ3v) is 5.79. The van der Waals surface area contributed by atoms with E-state index >= 15 is 0 Å². The van der Waals surface area contributed by atoms with Crippen molar-refractivity contribution in [1.29, 1.82) is 0 Å². The molecule has 0 amide bonds. The first-order chi connectivity index (χ1) is 14.3. The fourth-order valence-corrected chi connectivity index (χ4v) is 4.21. The Balaban J connectivity index is 1.50. The molecule has 0 aliphatic carbocycles. The molecule has 1 aromatic carbocycles. The van der Waals surface area contributed by atoms with Crippen LogP contribution >= 0.6 is 0 Å². The van der Waals surface area contributed by atoms with Crippen LogP contribution in [0, 0.1) is 6.92 Å². The van der Waals surface area contributed by atoms with Crippen molar-refractivity contribution in [3.63, 3.8) is 0 Å². The first-order valence-electron chi connectivity index (χ1n) is 10.9. The fourth-order valence-electron chi connectivity index (χ4n) is 4.21.